The van der Waals surface area contributed by atoms with Crippen LogP contribution < -0.4 is 5.73 Å². The van der Waals surface area contributed by atoms with Crippen molar-refractivity contribution >= 4 is 17.0 Å². The summed E-state index contributed by atoms with van der Waals surface area (Å²) in [5, 5.41) is 4.54. The van der Waals surface area contributed by atoms with E-state index in [9.17, 15) is 0 Å². The first kappa shape index (κ1) is 11.0. The van der Waals surface area contributed by atoms with Gasteiger partial charge in [0, 0.05) is 17.3 Å². The fourth-order valence-corrected chi connectivity index (χ4v) is 2.64. The number of aryl methyl sites for hydroxylation is 1. The Labute approximate surface area is 109 Å². The van der Waals surface area contributed by atoms with Gasteiger partial charge >= 0.3 is 0 Å². The Balaban J connectivity index is 2.06. The van der Waals surface area contributed by atoms with Crippen LogP contribution in [0, 0.1) is 6.92 Å². The van der Waals surface area contributed by atoms with Gasteiger partial charge in [0.15, 0.2) is 0 Å². The third-order valence-corrected chi connectivity index (χ3v) is 3.65. The van der Waals surface area contributed by atoms with E-state index >= 15 is 0 Å². The van der Waals surface area contributed by atoms with Crippen molar-refractivity contribution in [2.75, 3.05) is 5.73 Å². The van der Waals surface area contributed by atoms with Crippen molar-refractivity contribution < 1.29 is 0 Å². The Hall–Kier alpha value is -2.14. The lowest BCUT2D eigenvalue weighted by molar-refractivity contribution is 0.882. The minimum Gasteiger partial charge on any atom is -0.396 e. The predicted molar refractivity (Wildman–Crippen MR) is 73.8 cm³/mol. The highest BCUT2D eigenvalue weighted by molar-refractivity contribution is 7.15. The largest absolute Gasteiger partial charge is 0.396 e. The minimum absolute atomic E-state index is 0.689. The Morgan fingerprint density at radius 1 is 1.17 bits per heavy atom. The second-order valence-electron chi connectivity index (χ2n) is 3.99. The molecule has 5 heteroatoms. The first-order valence-electron chi connectivity index (χ1n) is 5.56. The molecule has 0 aromatic carbocycles. The fraction of sp³-hybridized carbons (Fsp3) is 0.0769. The van der Waals surface area contributed by atoms with Gasteiger partial charge in [-0.25, -0.2) is 4.68 Å². The fourth-order valence-electron chi connectivity index (χ4n) is 1.77. The van der Waals surface area contributed by atoms with Crippen LogP contribution in [0.3, 0.4) is 0 Å². The zero-order chi connectivity index (χ0) is 12.5. The van der Waals surface area contributed by atoms with Gasteiger partial charge in [0.25, 0.3) is 0 Å². The zero-order valence-corrected chi connectivity index (χ0v) is 10.7. The molecule has 0 fully saturated rings. The Kier molecular flexibility index (Phi) is 2.60. The average Bonchev–Trinajstić information content (AvgIpc) is 2.97. The summed E-state index contributed by atoms with van der Waals surface area (Å²) in [6.45, 7) is 2.07. The molecule has 0 radical (unpaired) electrons. The zero-order valence-electron chi connectivity index (χ0n) is 9.87. The molecule has 0 spiro atoms. The van der Waals surface area contributed by atoms with E-state index in [1.165, 1.54) is 4.88 Å². The monoisotopic (exact) mass is 256 g/mol. The smallest absolute Gasteiger partial charge is 0.126 e. The van der Waals surface area contributed by atoms with Gasteiger partial charge in [-0.05, 0) is 31.2 Å². The van der Waals surface area contributed by atoms with Crippen molar-refractivity contribution in [3.8, 4) is 16.3 Å². The number of nitrogens with zero attached hydrogens (tertiary/aromatic N) is 3. The van der Waals surface area contributed by atoms with Gasteiger partial charge < -0.3 is 5.73 Å². The predicted octanol–water partition coefficient (Wildman–Crippen LogP) is 2.89. The Morgan fingerprint density at radius 3 is 2.61 bits per heavy atom. The molecule has 3 heterocycles. The number of aromatic nitrogens is 3. The third-order valence-electron chi connectivity index (χ3n) is 2.64. The SMILES string of the molecule is Cc1ccc(-c2nn(-c3ccncc3)cc2N)s1. The molecule has 18 heavy (non-hydrogen) atoms. The van der Waals surface area contributed by atoms with Crippen molar-refractivity contribution in [2.24, 2.45) is 0 Å². The molecule has 2 N–H and O–H groups in total. The molecule has 0 saturated heterocycles. The highest BCUT2D eigenvalue weighted by Crippen LogP contribution is 2.31. The van der Waals surface area contributed by atoms with Gasteiger partial charge in [-0.15, -0.1) is 11.3 Å². The average molecular weight is 256 g/mol. The first-order valence-corrected chi connectivity index (χ1v) is 6.38. The van der Waals surface area contributed by atoms with Gasteiger partial charge in [-0.3, -0.25) is 4.98 Å². The summed E-state index contributed by atoms with van der Waals surface area (Å²) in [6.07, 6.45) is 5.31. The lowest BCUT2D eigenvalue weighted by Gasteiger charge is -1.98. The van der Waals surface area contributed by atoms with E-state index in [0.717, 1.165) is 16.3 Å². The molecule has 90 valence electrons. The molecule has 4 nitrogen and oxygen atoms in total. The van der Waals surface area contributed by atoms with Crippen LogP contribution in [-0.2, 0) is 0 Å². The van der Waals surface area contributed by atoms with Crippen LogP contribution in [0.2, 0.25) is 0 Å². The summed E-state index contributed by atoms with van der Waals surface area (Å²) >= 11 is 1.70. The summed E-state index contributed by atoms with van der Waals surface area (Å²) < 4.78 is 1.78. The molecule has 3 aromatic rings. The second-order valence-corrected chi connectivity index (χ2v) is 5.28. The maximum atomic E-state index is 6.03. The molecule has 0 aliphatic rings. The van der Waals surface area contributed by atoms with Crippen molar-refractivity contribution in [2.45, 2.75) is 6.92 Å². The second kappa shape index (κ2) is 4.27. The molecule has 3 aromatic heterocycles. The molecule has 0 atom stereocenters. The number of nitrogen functional groups attached to an aromatic ring is 1. The van der Waals surface area contributed by atoms with Crippen LogP contribution in [0.25, 0.3) is 16.3 Å². The van der Waals surface area contributed by atoms with E-state index in [2.05, 4.69) is 29.1 Å². The van der Waals surface area contributed by atoms with Crippen molar-refractivity contribution in [3.63, 3.8) is 0 Å². The highest BCUT2D eigenvalue weighted by Gasteiger charge is 2.11. The number of hydrogen-bond acceptors (Lipinski definition) is 4. The molecule has 0 amide bonds. The van der Waals surface area contributed by atoms with Crippen molar-refractivity contribution in [3.05, 3.63) is 47.7 Å². The van der Waals surface area contributed by atoms with E-state index in [1.54, 1.807) is 28.4 Å². The van der Waals surface area contributed by atoms with Crippen LogP contribution in [0.1, 0.15) is 4.88 Å². The lowest BCUT2D eigenvalue weighted by atomic mass is 10.3. The summed E-state index contributed by atoms with van der Waals surface area (Å²) in [6, 6.07) is 7.92. The molecular weight excluding hydrogens is 244 g/mol. The van der Waals surface area contributed by atoms with Crippen LogP contribution in [0.15, 0.2) is 42.9 Å². The topological polar surface area (TPSA) is 56.7 Å². The van der Waals surface area contributed by atoms with Gasteiger partial charge in [-0.1, -0.05) is 0 Å². The summed E-state index contributed by atoms with van der Waals surface area (Å²) in [5.41, 5.74) is 8.51. The number of anilines is 1. The molecule has 0 saturated carbocycles. The minimum atomic E-state index is 0.689. The summed E-state index contributed by atoms with van der Waals surface area (Å²) in [7, 11) is 0. The van der Waals surface area contributed by atoms with Crippen LogP contribution in [-0.4, -0.2) is 14.8 Å². The van der Waals surface area contributed by atoms with E-state index in [1.807, 2.05) is 18.3 Å². The van der Waals surface area contributed by atoms with E-state index in [4.69, 9.17) is 5.73 Å². The summed E-state index contributed by atoms with van der Waals surface area (Å²) in [5.74, 6) is 0. The quantitative estimate of drug-likeness (QED) is 0.767. The summed E-state index contributed by atoms with van der Waals surface area (Å²) in [4.78, 5) is 6.34. The number of hydrogen-bond donors (Lipinski definition) is 1. The molecule has 0 aliphatic carbocycles. The third kappa shape index (κ3) is 1.89. The van der Waals surface area contributed by atoms with Crippen LogP contribution >= 0.6 is 11.3 Å². The Bertz CT molecular complexity index is 669. The number of nitrogens with two attached hydrogens (primary N) is 1. The highest BCUT2D eigenvalue weighted by atomic mass is 32.1. The molecule has 0 aliphatic heterocycles. The van der Waals surface area contributed by atoms with E-state index in [-0.39, 0.29) is 0 Å². The van der Waals surface area contributed by atoms with Gasteiger partial charge in [-0.2, -0.15) is 5.10 Å². The van der Waals surface area contributed by atoms with Crippen LogP contribution in [0.5, 0.6) is 0 Å². The number of thiophene rings is 1. The van der Waals surface area contributed by atoms with Crippen LogP contribution in [0.4, 0.5) is 5.69 Å². The normalized spacial score (nSPS) is 10.7. The molecule has 0 bridgehead atoms. The number of rotatable bonds is 2. The molecular formula is C13H12N4S. The van der Waals surface area contributed by atoms with Gasteiger partial charge in [0.2, 0.25) is 0 Å². The standard InChI is InChI=1S/C13H12N4S/c1-9-2-3-12(18-9)13-11(14)8-17(16-13)10-4-6-15-7-5-10/h2-8H,14H2,1H3. The maximum Gasteiger partial charge on any atom is 0.126 e. The van der Waals surface area contributed by atoms with Gasteiger partial charge in [0.1, 0.15) is 5.69 Å². The van der Waals surface area contributed by atoms with E-state index < -0.39 is 0 Å². The maximum absolute atomic E-state index is 6.03. The Morgan fingerprint density at radius 2 is 1.94 bits per heavy atom. The lowest BCUT2D eigenvalue weighted by Crippen LogP contribution is -1.94. The molecule has 0 unspecified atom stereocenters. The first-order chi connectivity index (χ1) is 8.74. The van der Waals surface area contributed by atoms with Gasteiger partial charge in [0.05, 0.1) is 22.4 Å². The van der Waals surface area contributed by atoms with Crippen molar-refractivity contribution in [1.82, 2.24) is 14.8 Å². The van der Waals surface area contributed by atoms with Crippen molar-refractivity contribution in [1.29, 1.82) is 0 Å². The number of pyridine rings is 1. The van der Waals surface area contributed by atoms with E-state index in [0.29, 0.717) is 5.69 Å². The molecule has 3 rings (SSSR count).